The van der Waals surface area contributed by atoms with E-state index in [9.17, 15) is 4.79 Å². The molecule has 1 saturated heterocycles. The molecule has 1 aliphatic heterocycles. The van der Waals surface area contributed by atoms with Crippen LogP contribution in [0.15, 0.2) is 66.7 Å². The fraction of sp³-hybridized carbons (Fsp3) is 0.290. The number of nitrogens with one attached hydrogen (secondary N) is 1. The van der Waals surface area contributed by atoms with Gasteiger partial charge in [-0.2, -0.15) is 0 Å². The maximum Gasteiger partial charge on any atom is 0.255 e. The molecule has 3 aromatic carbocycles. The number of amides is 1. The molecule has 0 aliphatic carbocycles. The highest BCUT2D eigenvalue weighted by Crippen LogP contribution is 2.28. The molecule has 0 bridgehead atoms. The SMILES string of the molecule is Cc1ccc(CN2CCN(Cc3ccccc3C(=O)Nc3ccc4nc(C)c(C)c(N)c4c3)CC2)cc1. The molecule has 5 rings (SSSR count). The molecule has 1 amide bonds. The van der Waals surface area contributed by atoms with Gasteiger partial charge in [-0.25, -0.2) is 0 Å². The Morgan fingerprint density at radius 3 is 2.30 bits per heavy atom. The van der Waals surface area contributed by atoms with Crippen LogP contribution < -0.4 is 11.1 Å². The van der Waals surface area contributed by atoms with Crippen LogP contribution in [0.3, 0.4) is 0 Å². The molecule has 4 aromatic rings. The van der Waals surface area contributed by atoms with Gasteiger partial charge in [-0.1, -0.05) is 48.0 Å². The Bertz CT molecular complexity index is 1420. The van der Waals surface area contributed by atoms with Crippen molar-refractivity contribution in [1.82, 2.24) is 14.8 Å². The van der Waals surface area contributed by atoms with Crippen LogP contribution in [0.1, 0.15) is 38.3 Å². The summed E-state index contributed by atoms with van der Waals surface area (Å²) in [7, 11) is 0. The van der Waals surface area contributed by atoms with Gasteiger partial charge in [0.1, 0.15) is 0 Å². The van der Waals surface area contributed by atoms with Gasteiger partial charge >= 0.3 is 0 Å². The number of carbonyl (C=O) groups is 1. The van der Waals surface area contributed by atoms with E-state index in [-0.39, 0.29) is 5.91 Å². The minimum absolute atomic E-state index is 0.108. The number of aromatic nitrogens is 1. The predicted octanol–water partition coefficient (Wildman–Crippen LogP) is 5.31. The third-order valence-electron chi connectivity index (χ3n) is 7.43. The number of fused-ring (bicyclic) bond motifs is 1. The van der Waals surface area contributed by atoms with Crippen LogP contribution in [0, 0.1) is 20.8 Å². The van der Waals surface area contributed by atoms with Crippen molar-refractivity contribution < 1.29 is 4.79 Å². The number of pyridine rings is 1. The fourth-order valence-corrected chi connectivity index (χ4v) is 4.96. The number of anilines is 2. The number of carbonyl (C=O) groups excluding carboxylic acids is 1. The lowest BCUT2D eigenvalue weighted by Gasteiger charge is -2.35. The summed E-state index contributed by atoms with van der Waals surface area (Å²) in [6.07, 6.45) is 0. The number of benzene rings is 3. The van der Waals surface area contributed by atoms with Crippen molar-refractivity contribution in [3.05, 3.63) is 100 Å². The molecule has 37 heavy (non-hydrogen) atoms. The van der Waals surface area contributed by atoms with Gasteiger partial charge in [0.25, 0.3) is 5.91 Å². The number of rotatable bonds is 6. The standard InChI is InChI=1S/C31H35N5O/c1-21-8-10-24(11-9-21)19-35-14-16-36(17-15-35)20-25-6-4-5-7-27(25)31(37)34-26-12-13-29-28(18-26)30(32)22(2)23(3)33-29/h4-13,18H,14-17,19-20H2,1-3H3,(H2,32,33)(H,34,37). The average Bonchev–Trinajstić information content (AvgIpc) is 2.90. The molecule has 1 aliphatic rings. The first-order valence-electron chi connectivity index (χ1n) is 12.9. The molecule has 0 radical (unpaired) electrons. The number of hydrogen-bond donors (Lipinski definition) is 2. The quantitative estimate of drug-likeness (QED) is 0.381. The van der Waals surface area contributed by atoms with Crippen LogP contribution in [0.2, 0.25) is 0 Å². The lowest BCUT2D eigenvalue weighted by atomic mass is 10.0. The molecular formula is C31H35N5O. The van der Waals surface area contributed by atoms with Crippen LogP contribution in [0.4, 0.5) is 11.4 Å². The van der Waals surface area contributed by atoms with E-state index in [0.29, 0.717) is 16.9 Å². The van der Waals surface area contributed by atoms with E-state index in [0.717, 1.165) is 67.0 Å². The monoisotopic (exact) mass is 493 g/mol. The number of nitrogens with zero attached hydrogens (tertiary/aromatic N) is 3. The van der Waals surface area contributed by atoms with E-state index < -0.39 is 0 Å². The van der Waals surface area contributed by atoms with Gasteiger partial charge in [0, 0.05) is 67.3 Å². The van der Waals surface area contributed by atoms with E-state index in [4.69, 9.17) is 5.73 Å². The minimum atomic E-state index is -0.108. The molecule has 2 heterocycles. The van der Waals surface area contributed by atoms with Crippen LogP contribution in [-0.2, 0) is 13.1 Å². The molecular weight excluding hydrogens is 458 g/mol. The second kappa shape index (κ2) is 10.7. The van der Waals surface area contributed by atoms with Gasteiger partial charge in [0.05, 0.1) is 5.52 Å². The van der Waals surface area contributed by atoms with Crippen LogP contribution in [0.25, 0.3) is 10.9 Å². The van der Waals surface area contributed by atoms with Crippen molar-refractivity contribution in [2.75, 3.05) is 37.2 Å². The van der Waals surface area contributed by atoms with Gasteiger partial charge in [-0.15, -0.1) is 0 Å². The Balaban J connectivity index is 1.24. The fourth-order valence-electron chi connectivity index (χ4n) is 4.96. The number of aryl methyl sites for hydroxylation is 2. The molecule has 6 heteroatoms. The zero-order valence-electron chi connectivity index (χ0n) is 21.9. The Hall–Kier alpha value is -3.74. The maximum absolute atomic E-state index is 13.3. The zero-order valence-corrected chi connectivity index (χ0v) is 21.9. The molecule has 0 spiro atoms. The Morgan fingerprint density at radius 2 is 1.57 bits per heavy atom. The lowest BCUT2D eigenvalue weighted by molar-refractivity contribution is 0.102. The molecule has 0 unspecified atom stereocenters. The largest absolute Gasteiger partial charge is 0.398 e. The van der Waals surface area contributed by atoms with Crippen molar-refractivity contribution >= 4 is 28.2 Å². The molecule has 0 saturated carbocycles. The third kappa shape index (κ3) is 5.66. The van der Waals surface area contributed by atoms with Crippen molar-refractivity contribution in [2.45, 2.75) is 33.9 Å². The van der Waals surface area contributed by atoms with Gasteiger partial charge in [-0.05, 0) is 61.7 Å². The first kappa shape index (κ1) is 24.9. The summed E-state index contributed by atoms with van der Waals surface area (Å²) < 4.78 is 0. The first-order chi connectivity index (χ1) is 17.9. The van der Waals surface area contributed by atoms with Crippen molar-refractivity contribution in [3.63, 3.8) is 0 Å². The number of hydrogen-bond acceptors (Lipinski definition) is 5. The topological polar surface area (TPSA) is 74.5 Å². The van der Waals surface area contributed by atoms with E-state index in [1.165, 1.54) is 11.1 Å². The van der Waals surface area contributed by atoms with Gasteiger partial charge < -0.3 is 11.1 Å². The van der Waals surface area contributed by atoms with Crippen molar-refractivity contribution in [2.24, 2.45) is 0 Å². The predicted molar refractivity (Wildman–Crippen MR) is 152 cm³/mol. The summed E-state index contributed by atoms with van der Waals surface area (Å²) >= 11 is 0. The lowest BCUT2D eigenvalue weighted by Crippen LogP contribution is -2.45. The van der Waals surface area contributed by atoms with Crippen LogP contribution >= 0.6 is 0 Å². The summed E-state index contributed by atoms with van der Waals surface area (Å²) in [5, 5.41) is 3.94. The summed E-state index contributed by atoms with van der Waals surface area (Å²) in [6.45, 7) is 11.8. The Labute approximate surface area is 219 Å². The first-order valence-corrected chi connectivity index (χ1v) is 12.9. The molecule has 3 N–H and O–H groups in total. The normalized spacial score (nSPS) is 14.7. The second-order valence-electron chi connectivity index (χ2n) is 10.1. The minimum Gasteiger partial charge on any atom is -0.398 e. The van der Waals surface area contributed by atoms with Crippen molar-refractivity contribution in [3.8, 4) is 0 Å². The molecule has 190 valence electrons. The van der Waals surface area contributed by atoms with Gasteiger partial charge in [-0.3, -0.25) is 19.6 Å². The number of nitrogens with two attached hydrogens (primary N) is 1. The highest BCUT2D eigenvalue weighted by Gasteiger charge is 2.20. The molecule has 0 atom stereocenters. The van der Waals surface area contributed by atoms with Gasteiger partial charge in [0.2, 0.25) is 0 Å². The Kier molecular flexibility index (Phi) is 7.22. The van der Waals surface area contributed by atoms with Crippen LogP contribution in [0.5, 0.6) is 0 Å². The molecule has 6 nitrogen and oxygen atoms in total. The van der Waals surface area contributed by atoms with E-state index in [1.54, 1.807) is 0 Å². The third-order valence-corrected chi connectivity index (χ3v) is 7.43. The maximum atomic E-state index is 13.3. The highest BCUT2D eigenvalue weighted by molar-refractivity contribution is 6.06. The number of nitrogen functional groups attached to an aromatic ring is 1. The molecule has 1 aromatic heterocycles. The van der Waals surface area contributed by atoms with Crippen LogP contribution in [-0.4, -0.2) is 46.9 Å². The average molecular weight is 494 g/mol. The van der Waals surface area contributed by atoms with Gasteiger partial charge in [0.15, 0.2) is 0 Å². The number of piperazine rings is 1. The summed E-state index contributed by atoms with van der Waals surface area (Å²) in [6, 6.07) is 22.4. The zero-order chi connectivity index (χ0) is 25.9. The van der Waals surface area contributed by atoms with E-state index in [1.807, 2.05) is 50.2 Å². The summed E-state index contributed by atoms with van der Waals surface area (Å²) in [5.41, 5.74) is 14.9. The van der Waals surface area contributed by atoms with E-state index >= 15 is 0 Å². The smallest absolute Gasteiger partial charge is 0.255 e. The highest BCUT2D eigenvalue weighted by atomic mass is 16.1. The Morgan fingerprint density at radius 1 is 0.892 bits per heavy atom. The molecule has 1 fully saturated rings. The summed E-state index contributed by atoms with van der Waals surface area (Å²) in [4.78, 5) is 22.9. The van der Waals surface area contributed by atoms with Crippen molar-refractivity contribution in [1.29, 1.82) is 0 Å². The van der Waals surface area contributed by atoms with E-state index in [2.05, 4.69) is 57.4 Å². The second-order valence-corrected chi connectivity index (χ2v) is 10.1. The summed E-state index contributed by atoms with van der Waals surface area (Å²) in [5.74, 6) is -0.108.